The van der Waals surface area contributed by atoms with Gasteiger partial charge >= 0.3 is 0 Å². The van der Waals surface area contributed by atoms with Gasteiger partial charge in [-0.3, -0.25) is 4.90 Å². The number of aromatic nitrogens is 3. The van der Waals surface area contributed by atoms with Gasteiger partial charge in [0, 0.05) is 31.5 Å². The predicted octanol–water partition coefficient (Wildman–Crippen LogP) is 1.82. The van der Waals surface area contributed by atoms with Gasteiger partial charge in [0.05, 0.1) is 12.1 Å². The van der Waals surface area contributed by atoms with Crippen molar-refractivity contribution >= 4 is 11.6 Å². The number of rotatable bonds is 4. The number of nitrogen functional groups attached to an aromatic ring is 1. The van der Waals surface area contributed by atoms with Crippen LogP contribution in [0.4, 0.5) is 11.6 Å². The molecule has 1 atom stereocenters. The normalized spacial score (nSPS) is 18.0. The number of pyridine rings is 1. The Balaban J connectivity index is 1.64. The molecule has 1 aliphatic rings. The Kier molecular flexibility index (Phi) is 5.41. The van der Waals surface area contributed by atoms with E-state index < -0.39 is 0 Å². The van der Waals surface area contributed by atoms with Gasteiger partial charge in [0.2, 0.25) is 0 Å². The van der Waals surface area contributed by atoms with Crippen molar-refractivity contribution in [2.24, 2.45) is 0 Å². The second-order valence-electron chi connectivity index (χ2n) is 6.37. The molecule has 1 aliphatic heterocycles. The van der Waals surface area contributed by atoms with Gasteiger partial charge in [0.25, 0.3) is 0 Å². The molecule has 130 valence electrons. The van der Waals surface area contributed by atoms with Crippen LogP contribution in [-0.4, -0.2) is 46.0 Å². The molecule has 3 heterocycles. The van der Waals surface area contributed by atoms with Crippen LogP contribution in [0.15, 0.2) is 30.6 Å². The quantitative estimate of drug-likeness (QED) is 0.909. The lowest BCUT2D eigenvalue weighted by molar-refractivity contribution is 0.212. The van der Waals surface area contributed by atoms with Crippen LogP contribution in [0.1, 0.15) is 30.7 Å². The Morgan fingerprint density at radius 1 is 1.28 bits per heavy atom. The van der Waals surface area contributed by atoms with Crippen molar-refractivity contribution < 1.29 is 0 Å². The number of nitriles is 1. The molecular weight excluding hydrogens is 314 g/mol. The van der Waals surface area contributed by atoms with Gasteiger partial charge in [-0.2, -0.15) is 5.26 Å². The fourth-order valence-corrected chi connectivity index (χ4v) is 3.31. The maximum atomic E-state index is 9.30. The molecule has 7 heteroatoms. The molecule has 0 radical (unpaired) electrons. The lowest BCUT2D eigenvalue weighted by Gasteiger charge is -2.27. The molecule has 1 fully saturated rings. The lowest BCUT2D eigenvalue weighted by Crippen LogP contribution is -2.33. The van der Waals surface area contributed by atoms with Crippen LogP contribution >= 0.6 is 0 Å². The van der Waals surface area contributed by atoms with Crippen LogP contribution in [0.2, 0.25) is 0 Å². The van der Waals surface area contributed by atoms with Crippen molar-refractivity contribution in [1.82, 2.24) is 19.9 Å². The molecule has 1 unspecified atom stereocenters. The Morgan fingerprint density at radius 2 is 2.16 bits per heavy atom. The highest BCUT2D eigenvalue weighted by molar-refractivity contribution is 5.53. The van der Waals surface area contributed by atoms with E-state index in [2.05, 4.69) is 37.9 Å². The summed E-state index contributed by atoms with van der Waals surface area (Å²) < 4.78 is 0. The van der Waals surface area contributed by atoms with E-state index in [4.69, 9.17) is 5.73 Å². The molecule has 2 N–H and O–H groups in total. The summed E-state index contributed by atoms with van der Waals surface area (Å²) in [7, 11) is 2.11. The number of hydrogen-bond donors (Lipinski definition) is 1. The second kappa shape index (κ2) is 7.90. The van der Waals surface area contributed by atoms with E-state index in [9.17, 15) is 5.26 Å². The standard InChI is InChI=1S/C18H23N7/c1-24(13-17-21-9-6-16(20)23-17)15-5-3-10-25(11-7-15)18-14(12-19)4-2-8-22-18/h2,4,6,8-9,15H,3,5,7,10-11,13H2,1H3,(H2,20,21,23). The topological polar surface area (TPSA) is 95.0 Å². The zero-order chi connectivity index (χ0) is 17.6. The van der Waals surface area contributed by atoms with Crippen molar-refractivity contribution in [1.29, 1.82) is 5.26 Å². The van der Waals surface area contributed by atoms with Crippen LogP contribution in [-0.2, 0) is 6.54 Å². The summed E-state index contributed by atoms with van der Waals surface area (Å²) in [6.07, 6.45) is 6.63. The van der Waals surface area contributed by atoms with Gasteiger partial charge < -0.3 is 10.6 Å². The van der Waals surface area contributed by atoms with Crippen molar-refractivity contribution in [2.45, 2.75) is 31.8 Å². The fourth-order valence-electron chi connectivity index (χ4n) is 3.31. The maximum absolute atomic E-state index is 9.30. The molecule has 1 saturated heterocycles. The molecule has 0 bridgehead atoms. The van der Waals surface area contributed by atoms with Crippen LogP contribution in [0.25, 0.3) is 0 Å². The molecule has 0 amide bonds. The first-order chi connectivity index (χ1) is 12.2. The zero-order valence-corrected chi connectivity index (χ0v) is 14.5. The third kappa shape index (κ3) is 4.22. The Labute approximate surface area is 148 Å². The first-order valence-corrected chi connectivity index (χ1v) is 8.55. The number of nitrogens with two attached hydrogens (primary N) is 1. The first kappa shape index (κ1) is 17.1. The smallest absolute Gasteiger partial charge is 0.146 e. The fraction of sp³-hybridized carbons (Fsp3) is 0.444. The highest BCUT2D eigenvalue weighted by Crippen LogP contribution is 2.23. The Morgan fingerprint density at radius 3 is 2.96 bits per heavy atom. The van der Waals surface area contributed by atoms with Crippen molar-refractivity contribution in [3.63, 3.8) is 0 Å². The van der Waals surface area contributed by atoms with Gasteiger partial charge in [-0.15, -0.1) is 0 Å². The monoisotopic (exact) mass is 337 g/mol. The van der Waals surface area contributed by atoms with E-state index in [1.54, 1.807) is 18.5 Å². The molecular formula is C18H23N7. The molecule has 2 aromatic rings. The molecule has 7 nitrogen and oxygen atoms in total. The minimum absolute atomic E-state index is 0.448. The molecule has 0 aromatic carbocycles. The summed E-state index contributed by atoms with van der Waals surface area (Å²) in [4.78, 5) is 17.5. The summed E-state index contributed by atoms with van der Waals surface area (Å²) in [5, 5.41) is 9.30. The second-order valence-corrected chi connectivity index (χ2v) is 6.37. The third-order valence-corrected chi connectivity index (χ3v) is 4.65. The number of hydrogen-bond acceptors (Lipinski definition) is 7. The minimum Gasteiger partial charge on any atom is -0.384 e. The number of nitrogens with zero attached hydrogens (tertiary/aromatic N) is 6. The summed E-state index contributed by atoms with van der Waals surface area (Å²) in [5.41, 5.74) is 6.38. The van der Waals surface area contributed by atoms with Crippen molar-refractivity contribution in [2.75, 3.05) is 30.8 Å². The van der Waals surface area contributed by atoms with Crippen LogP contribution in [0.3, 0.4) is 0 Å². The van der Waals surface area contributed by atoms with Crippen LogP contribution in [0, 0.1) is 11.3 Å². The molecule has 25 heavy (non-hydrogen) atoms. The van der Waals surface area contributed by atoms with E-state index in [0.29, 0.717) is 24.0 Å². The molecule has 3 rings (SSSR count). The molecule has 0 saturated carbocycles. The van der Waals surface area contributed by atoms with Crippen LogP contribution < -0.4 is 10.6 Å². The molecule has 0 aliphatic carbocycles. The van der Waals surface area contributed by atoms with Gasteiger partial charge in [-0.05, 0) is 44.5 Å². The van der Waals surface area contributed by atoms with E-state index in [1.165, 1.54) is 0 Å². The van der Waals surface area contributed by atoms with E-state index in [1.807, 2.05) is 12.1 Å². The first-order valence-electron chi connectivity index (χ1n) is 8.55. The van der Waals surface area contributed by atoms with Gasteiger partial charge in [-0.1, -0.05) is 0 Å². The van der Waals surface area contributed by atoms with E-state index in [0.717, 1.165) is 44.0 Å². The molecule has 2 aromatic heterocycles. The SMILES string of the molecule is CN(Cc1nccc(N)n1)C1CCCN(c2ncccc2C#N)CC1. The van der Waals surface area contributed by atoms with Crippen LogP contribution in [0.5, 0.6) is 0 Å². The Bertz CT molecular complexity index is 755. The summed E-state index contributed by atoms with van der Waals surface area (Å²) in [6, 6.07) is 8.03. The van der Waals surface area contributed by atoms with Gasteiger partial charge in [-0.25, -0.2) is 15.0 Å². The average Bonchev–Trinajstić information content (AvgIpc) is 2.88. The van der Waals surface area contributed by atoms with Crippen molar-refractivity contribution in [3.8, 4) is 6.07 Å². The zero-order valence-electron chi connectivity index (χ0n) is 14.5. The average molecular weight is 337 g/mol. The minimum atomic E-state index is 0.448. The molecule has 0 spiro atoms. The summed E-state index contributed by atoms with van der Waals surface area (Å²) >= 11 is 0. The third-order valence-electron chi connectivity index (χ3n) is 4.65. The van der Waals surface area contributed by atoms with E-state index >= 15 is 0 Å². The maximum Gasteiger partial charge on any atom is 0.146 e. The highest BCUT2D eigenvalue weighted by Gasteiger charge is 2.23. The van der Waals surface area contributed by atoms with Gasteiger partial charge in [0.15, 0.2) is 0 Å². The predicted molar refractivity (Wildman–Crippen MR) is 96.7 cm³/mol. The summed E-state index contributed by atoms with van der Waals surface area (Å²) in [6.45, 7) is 2.49. The lowest BCUT2D eigenvalue weighted by atomic mass is 10.1. The van der Waals surface area contributed by atoms with Crippen molar-refractivity contribution in [3.05, 3.63) is 42.0 Å². The largest absolute Gasteiger partial charge is 0.384 e. The number of anilines is 2. The van der Waals surface area contributed by atoms with E-state index in [-0.39, 0.29) is 0 Å². The van der Waals surface area contributed by atoms with Gasteiger partial charge in [0.1, 0.15) is 23.5 Å². The highest BCUT2D eigenvalue weighted by atomic mass is 15.2. The Hall–Kier alpha value is -2.72. The summed E-state index contributed by atoms with van der Waals surface area (Å²) in [5.74, 6) is 2.05.